The Labute approximate surface area is 138 Å². The van der Waals surface area contributed by atoms with Crippen LogP contribution in [0.3, 0.4) is 0 Å². The molecule has 6 atom stereocenters. The third-order valence-electron chi connectivity index (χ3n) is 8.23. The van der Waals surface area contributed by atoms with Gasteiger partial charge in [0, 0.05) is 23.7 Å². The van der Waals surface area contributed by atoms with E-state index in [0.717, 1.165) is 38.5 Å². The fraction of sp³-hybridized carbons (Fsp3) is 0.800. The summed E-state index contributed by atoms with van der Waals surface area (Å²) < 4.78 is 6.19. The van der Waals surface area contributed by atoms with Crippen LogP contribution in [-0.2, 0) is 14.3 Å². The molecule has 3 aliphatic carbocycles. The van der Waals surface area contributed by atoms with Crippen molar-refractivity contribution in [3.8, 4) is 0 Å². The molecule has 3 heteroatoms. The van der Waals surface area contributed by atoms with Gasteiger partial charge in [-0.15, -0.1) is 6.58 Å². The van der Waals surface area contributed by atoms with Crippen LogP contribution in [0.2, 0.25) is 0 Å². The van der Waals surface area contributed by atoms with Gasteiger partial charge in [0.2, 0.25) is 0 Å². The molecule has 0 amide bonds. The lowest BCUT2D eigenvalue weighted by molar-refractivity contribution is -0.202. The molecule has 4 rings (SSSR count). The fourth-order valence-corrected chi connectivity index (χ4v) is 6.44. The van der Waals surface area contributed by atoms with Crippen LogP contribution in [0.1, 0.15) is 65.7 Å². The second-order valence-corrected chi connectivity index (χ2v) is 9.31. The minimum atomic E-state index is -0.443. The van der Waals surface area contributed by atoms with E-state index in [1.54, 1.807) is 0 Å². The summed E-state index contributed by atoms with van der Waals surface area (Å²) in [5, 5.41) is 0. The van der Waals surface area contributed by atoms with E-state index in [9.17, 15) is 9.59 Å². The van der Waals surface area contributed by atoms with Crippen LogP contribution in [0.4, 0.5) is 0 Å². The van der Waals surface area contributed by atoms with Gasteiger partial charge in [-0.1, -0.05) is 19.9 Å². The molecule has 0 aromatic rings. The number of hydrogen-bond donors (Lipinski definition) is 0. The molecule has 0 aromatic carbocycles. The van der Waals surface area contributed by atoms with E-state index in [2.05, 4.69) is 20.4 Å². The summed E-state index contributed by atoms with van der Waals surface area (Å²) in [4.78, 5) is 25.8. The standard InChI is InChI=1S/C20H28O3/c1-5-17(2)9-10-19(4)13(12-17)14(21)11-15-18(3)7-6-8-20(15,19)23-16(18)22/h5,13,15H,1,6-12H2,2-4H3/t13-,15-,17+,18+,19+,20+/m0/s1. The van der Waals surface area contributed by atoms with E-state index in [1.165, 1.54) is 0 Å². The molecule has 3 nitrogen and oxygen atoms in total. The number of rotatable bonds is 1. The lowest BCUT2D eigenvalue weighted by Crippen LogP contribution is -2.65. The highest BCUT2D eigenvalue weighted by Gasteiger charge is 2.75. The van der Waals surface area contributed by atoms with Gasteiger partial charge in [0.25, 0.3) is 0 Å². The maximum atomic E-state index is 13.1. The van der Waals surface area contributed by atoms with Crippen LogP contribution in [0, 0.1) is 28.1 Å². The molecule has 1 saturated heterocycles. The third kappa shape index (κ3) is 1.62. The van der Waals surface area contributed by atoms with Crippen molar-refractivity contribution in [2.75, 3.05) is 0 Å². The number of carbonyl (C=O) groups excluding carboxylic acids is 2. The first kappa shape index (κ1) is 15.4. The molecule has 126 valence electrons. The number of ketones is 1. The fourth-order valence-electron chi connectivity index (χ4n) is 6.44. The minimum Gasteiger partial charge on any atom is -0.458 e. The number of Topliss-reactive ketones (excluding diaryl/α,β-unsaturated/α-hetero) is 1. The van der Waals surface area contributed by atoms with Gasteiger partial charge in [-0.25, -0.2) is 0 Å². The SMILES string of the molecule is C=C[C@]1(C)CC[C@]2(C)[C@@H](C1)C(=O)C[C@H]1[C@@]3(C)CCC[C@@]12OC3=O. The number of ether oxygens (including phenoxy) is 1. The van der Waals surface area contributed by atoms with E-state index in [0.29, 0.717) is 12.2 Å². The van der Waals surface area contributed by atoms with E-state index in [1.807, 2.05) is 13.0 Å². The van der Waals surface area contributed by atoms with Crippen molar-refractivity contribution >= 4 is 11.8 Å². The molecule has 0 unspecified atom stereocenters. The Balaban J connectivity index is 1.83. The van der Waals surface area contributed by atoms with Gasteiger partial charge in [-0.2, -0.15) is 0 Å². The topological polar surface area (TPSA) is 43.4 Å². The van der Waals surface area contributed by atoms with Crippen molar-refractivity contribution < 1.29 is 14.3 Å². The zero-order valence-corrected chi connectivity index (χ0v) is 14.6. The van der Waals surface area contributed by atoms with Crippen LogP contribution in [0.25, 0.3) is 0 Å². The summed E-state index contributed by atoms with van der Waals surface area (Å²) >= 11 is 0. The average Bonchev–Trinajstić information content (AvgIpc) is 2.64. The summed E-state index contributed by atoms with van der Waals surface area (Å²) in [6.07, 6.45) is 8.22. The van der Waals surface area contributed by atoms with Gasteiger partial charge in [0.15, 0.2) is 0 Å². The first-order valence-corrected chi connectivity index (χ1v) is 9.11. The predicted octanol–water partition coefficient (Wildman–Crippen LogP) is 4.06. The summed E-state index contributed by atoms with van der Waals surface area (Å²) in [6, 6.07) is 0. The van der Waals surface area contributed by atoms with Crippen molar-refractivity contribution in [2.24, 2.45) is 28.1 Å². The molecule has 4 aliphatic rings. The van der Waals surface area contributed by atoms with E-state index in [-0.39, 0.29) is 28.6 Å². The quantitative estimate of drug-likeness (QED) is 0.541. The molecule has 0 radical (unpaired) electrons. The zero-order valence-electron chi connectivity index (χ0n) is 14.6. The van der Waals surface area contributed by atoms with Crippen molar-refractivity contribution in [1.82, 2.24) is 0 Å². The number of fused-ring (bicyclic) bond motifs is 1. The highest BCUT2D eigenvalue weighted by atomic mass is 16.6. The monoisotopic (exact) mass is 316 g/mol. The second kappa shape index (κ2) is 4.29. The zero-order chi connectivity index (χ0) is 16.7. The highest BCUT2D eigenvalue weighted by Crippen LogP contribution is 2.70. The average molecular weight is 316 g/mol. The predicted molar refractivity (Wildman–Crippen MR) is 87.6 cm³/mol. The molecule has 2 bridgehead atoms. The number of hydrogen-bond acceptors (Lipinski definition) is 3. The Morgan fingerprint density at radius 1 is 1.13 bits per heavy atom. The maximum absolute atomic E-state index is 13.1. The lowest BCUT2D eigenvalue weighted by Gasteiger charge is -2.61. The van der Waals surface area contributed by atoms with Gasteiger partial charge >= 0.3 is 5.97 Å². The first-order chi connectivity index (χ1) is 10.7. The van der Waals surface area contributed by atoms with Gasteiger partial charge < -0.3 is 4.74 Å². The Bertz CT molecular complexity index is 610. The maximum Gasteiger partial charge on any atom is 0.312 e. The van der Waals surface area contributed by atoms with Gasteiger partial charge in [-0.3, -0.25) is 9.59 Å². The molecule has 23 heavy (non-hydrogen) atoms. The number of allylic oxidation sites excluding steroid dienone is 1. The van der Waals surface area contributed by atoms with Crippen LogP contribution >= 0.6 is 0 Å². The van der Waals surface area contributed by atoms with Crippen LogP contribution in [-0.4, -0.2) is 17.4 Å². The second-order valence-electron chi connectivity index (χ2n) is 9.31. The van der Waals surface area contributed by atoms with Crippen LogP contribution < -0.4 is 0 Å². The highest BCUT2D eigenvalue weighted by molar-refractivity contribution is 5.89. The molecular weight excluding hydrogens is 288 g/mol. The Hall–Kier alpha value is -1.12. The van der Waals surface area contributed by atoms with Gasteiger partial charge in [0.1, 0.15) is 11.4 Å². The summed E-state index contributed by atoms with van der Waals surface area (Å²) in [6.45, 7) is 10.5. The molecule has 1 heterocycles. The Morgan fingerprint density at radius 2 is 1.87 bits per heavy atom. The number of carbonyl (C=O) groups is 2. The van der Waals surface area contributed by atoms with E-state index < -0.39 is 11.0 Å². The van der Waals surface area contributed by atoms with E-state index in [4.69, 9.17) is 4.74 Å². The molecule has 3 saturated carbocycles. The molecule has 4 fully saturated rings. The van der Waals surface area contributed by atoms with Crippen molar-refractivity contribution in [3.05, 3.63) is 12.7 Å². The molecule has 0 N–H and O–H groups in total. The van der Waals surface area contributed by atoms with Crippen LogP contribution in [0.5, 0.6) is 0 Å². The lowest BCUT2D eigenvalue weighted by atomic mass is 9.42. The molecule has 0 aromatic heterocycles. The summed E-state index contributed by atoms with van der Waals surface area (Å²) in [5.74, 6) is 0.390. The van der Waals surface area contributed by atoms with Crippen molar-refractivity contribution in [2.45, 2.75) is 71.3 Å². The van der Waals surface area contributed by atoms with Gasteiger partial charge in [0.05, 0.1) is 5.41 Å². The third-order valence-corrected chi connectivity index (χ3v) is 8.23. The summed E-state index contributed by atoms with van der Waals surface area (Å²) in [7, 11) is 0. The Morgan fingerprint density at radius 3 is 2.57 bits per heavy atom. The van der Waals surface area contributed by atoms with Crippen molar-refractivity contribution in [1.29, 1.82) is 0 Å². The minimum absolute atomic E-state index is 0.00347. The smallest absolute Gasteiger partial charge is 0.312 e. The van der Waals surface area contributed by atoms with Gasteiger partial charge in [-0.05, 0) is 50.9 Å². The largest absolute Gasteiger partial charge is 0.458 e. The number of esters is 1. The molecule has 0 spiro atoms. The first-order valence-electron chi connectivity index (χ1n) is 9.11. The Kier molecular flexibility index (Phi) is 2.87. The summed E-state index contributed by atoms with van der Waals surface area (Å²) in [5.41, 5.74) is -1.02. The molecule has 1 aliphatic heterocycles. The van der Waals surface area contributed by atoms with E-state index >= 15 is 0 Å². The normalized spacial score (nSPS) is 54.9. The van der Waals surface area contributed by atoms with Crippen LogP contribution in [0.15, 0.2) is 12.7 Å². The van der Waals surface area contributed by atoms with Crippen molar-refractivity contribution in [3.63, 3.8) is 0 Å². The molecular formula is C20H28O3.